The average Bonchev–Trinajstić information content (AvgIpc) is 2.55. The predicted octanol–water partition coefficient (Wildman–Crippen LogP) is 3.88. The first-order chi connectivity index (χ1) is 10.4. The molecule has 1 nitrogen and oxygen atoms in total. The third-order valence-electron chi connectivity index (χ3n) is 3.80. The topological polar surface area (TPSA) is 9.23 Å². The van der Waals surface area contributed by atoms with Crippen molar-refractivity contribution in [1.82, 2.24) is 0 Å². The Morgan fingerprint density at radius 2 is 1.57 bits per heavy atom. The molecule has 0 aromatic heterocycles. The largest absolute Gasteiger partial charge is 0.494 e. The average molecular weight is 280 g/mol. The summed E-state index contributed by atoms with van der Waals surface area (Å²) in [7, 11) is 0. The zero-order valence-electron chi connectivity index (χ0n) is 13.2. The van der Waals surface area contributed by atoms with E-state index in [1.54, 1.807) is 0 Å². The van der Waals surface area contributed by atoms with Crippen LogP contribution in [0.4, 0.5) is 0 Å². The summed E-state index contributed by atoms with van der Waals surface area (Å²) >= 11 is 0. The number of unbranched alkanes of at least 4 members (excludes halogenated alkanes) is 1. The van der Waals surface area contributed by atoms with Gasteiger partial charge in [0.15, 0.2) is 0 Å². The van der Waals surface area contributed by atoms with Crippen molar-refractivity contribution in [2.24, 2.45) is 0 Å². The summed E-state index contributed by atoms with van der Waals surface area (Å²) in [6, 6.07) is 19.3. The van der Waals surface area contributed by atoms with Gasteiger partial charge >= 0.3 is 0 Å². The fourth-order valence-electron chi connectivity index (χ4n) is 2.71. The van der Waals surface area contributed by atoms with E-state index in [2.05, 4.69) is 68.4 Å². The molecular weight excluding hydrogens is 255 g/mol. The second-order valence-corrected chi connectivity index (χ2v) is 5.49. The monoisotopic (exact) mass is 280 g/mol. The zero-order valence-corrected chi connectivity index (χ0v) is 13.2. The normalized spacial score (nSPS) is 10.4. The van der Waals surface area contributed by atoms with Crippen LogP contribution in [0.3, 0.4) is 0 Å². The van der Waals surface area contributed by atoms with E-state index in [4.69, 9.17) is 4.74 Å². The number of benzene rings is 2. The lowest BCUT2D eigenvalue weighted by Crippen LogP contribution is -2.42. The van der Waals surface area contributed by atoms with Gasteiger partial charge in [-0.05, 0) is 17.9 Å². The van der Waals surface area contributed by atoms with E-state index in [9.17, 15) is 0 Å². The highest BCUT2D eigenvalue weighted by molar-refractivity contribution is 6.85. The van der Waals surface area contributed by atoms with Gasteiger partial charge in [0, 0.05) is 0 Å². The van der Waals surface area contributed by atoms with Crippen LogP contribution in [0.5, 0.6) is 5.75 Å². The summed E-state index contributed by atoms with van der Waals surface area (Å²) in [6.45, 7) is 5.61. The van der Waals surface area contributed by atoms with E-state index in [1.165, 1.54) is 30.1 Å². The molecule has 0 atom stereocenters. The van der Waals surface area contributed by atoms with E-state index in [0.29, 0.717) is 6.71 Å². The molecule has 0 radical (unpaired) electrons. The Labute approximate surface area is 129 Å². The lowest BCUT2D eigenvalue weighted by molar-refractivity contribution is 0.320. The van der Waals surface area contributed by atoms with Gasteiger partial charge in [-0.15, -0.1) is 0 Å². The molecule has 0 saturated heterocycles. The van der Waals surface area contributed by atoms with E-state index in [-0.39, 0.29) is 0 Å². The van der Waals surface area contributed by atoms with Crippen LogP contribution in [0.15, 0.2) is 54.6 Å². The fourth-order valence-corrected chi connectivity index (χ4v) is 2.71. The summed E-state index contributed by atoms with van der Waals surface area (Å²) in [5.41, 5.74) is 2.71. The molecule has 0 unspecified atom stereocenters. The smallest absolute Gasteiger partial charge is 0.214 e. The number of hydrogen-bond donors (Lipinski definition) is 0. The van der Waals surface area contributed by atoms with Crippen molar-refractivity contribution in [1.29, 1.82) is 0 Å². The molecule has 0 saturated carbocycles. The fraction of sp³-hybridized carbons (Fsp3) is 0.368. The molecule has 2 rings (SSSR count). The Balaban J connectivity index is 2.32. The van der Waals surface area contributed by atoms with Gasteiger partial charge in [0.05, 0.1) is 6.61 Å². The molecule has 2 aromatic carbocycles. The number of rotatable bonds is 8. The van der Waals surface area contributed by atoms with Gasteiger partial charge in [0.1, 0.15) is 5.75 Å². The maximum Gasteiger partial charge on any atom is 0.214 e. The second-order valence-electron chi connectivity index (χ2n) is 5.49. The van der Waals surface area contributed by atoms with Gasteiger partial charge in [-0.2, -0.15) is 0 Å². The van der Waals surface area contributed by atoms with Crippen molar-refractivity contribution in [2.75, 3.05) is 6.61 Å². The quantitative estimate of drug-likeness (QED) is 0.667. The summed E-state index contributed by atoms with van der Waals surface area (Å²) in [4.78, 5) is 0. The Morgan fingerprint density at radius 1 is 0.857 bits per heavy atom. The lowest BCUT2D eigenvalue weighted by atomic mass is 9.38. The molecular formula is C19H25BO. The van der Waals surface area contributed by atoms with E-state index in [1.807, 2.05) is 0 Å². The van der Waals surface area contributed by atoms with Gasteiger partial charge in [0.2, 0.25) is 6.71 Å². The van der Waals surface area contributed by atoms with Gasteiger partial charge in [-0.1, -0.05) is 87.0 Å². The van der Waals surface area contributed by atoms with E-state index in [0.717, 1.165) is 18.8 Å². The second kappa shape index (κ2) is 8.56. The molecule has 0 fully saturated rings. The summed E-state index contributed by atoms with van der Waals surface area (Å²) < 4.78 is 5.97. The Morgan fingerprint density at radius 3 is 2.29 bits per heavy atom. The zero-order chi connectivity index (χ0) is 14.9. The van der Waals surface area contributed by atoms with Crippen LogP contribution in [0.1, 0.15) is 33.1 Å². The summed E-state index contributed by atoms with van der Waals surface area (Å²) in [5.74, 6) is 1.05. The third kappa shape index (κ3) is 4.39. The van der Waals surface area contributed by atoms with Gasteiger partial charge in [0.25, 0.3) is 0 Å². The number of para-hydroxylation sites is 1. The van der Waals surface area contributed by atoms with Crippen molar-refractivity contribution < 1.29 is 4.74 Å². The van der Waals surface area contributed by atoms with Crippen molar-refractivity contribution in [2.45, 2.75) is 39.4 Å². The molecule has 0 bridgehead atoms. The molecule has 110 valence electrons. The molecule has 0 spiro atoms. The minimum Gasteiger partial charge on any atom is -0.494 e. The number of ether oxygens (including phenoxy) is 1. The lowest BCUT2D eigenvalue weighted by Gasteiger charge is -2.18. The molecule has 0 amide bonds. The highest BCUT2D eigenvalue weighted by atomic mass is 16.5. The molecule has 0 heterocycles. The van der Waals surface area contributed by atoms with Crippen LogP contribution in [0.2, 0.25) is 6.32 Å². The van der Waals surface area contributed by atoms with E-state index >= 15 is 0 Å². The van der Waals surface area contributed by atoms with Crippen LogP contribution in [-0.4, -0.2) is 13.3 Å². The standard InChI is InChI=1S/C19H25BO/c1-3-5-15-20(17-11-7-6-8-12-17)18-13-9-10-14-19(18)21-16-4-2/h6-14H,3-5,15-16H2,1-2H3. The summed E-state index contributed by atoms with van der Waals surface area (Å²) in [6.07, 6.45) is 4.68. The molecule has 0 aliphatic rings. The van der Waals surface area contributed by atoms with Gasteiger partial charge < -0.3 is 4.74 Å². The van der Waals surface area contributed by atoms with Crippen molar-refractivity contribution in [3.8, 4) is 5.75 Å². The maximum absolute atomic E-state index is 5.97. The van der Waals surface area contributed by atoms with Gasteiger partial charge in [-0.3, -0.25) is 0 Å². The van der Waals surface area contributed by atoms with Crippen LogP contribution in [-0.2, 0) is 0 Å². The van der Waals surface area contributed by atoms with E-state index < -0.39 is 0 Å². The van der Waals surface area contributed by atoms with Crippen molar-refractivity contribution in [3.05, 3.63) is 54.6 Å². The Bertz CT molecular complexity index is 524. The molecule has 0 aliphatic heterocycles. The van der Waals surface area contributed by atoms with Crippen LogP contribution >= 0.6 is 0 Å². The van der Waals surface area contributed by atoms with Crippen molar-refractivity contribution >= 4 is 17.6 Å². The first-order valence-corrected chi connectivity index (χ1v) is 8.13. The molecule has 2 aromatic rings. The predicted molar refractivity (Wildman–Crippen MR) is 93.4 cm³/mol. The Kier molecular flexibility index (Phi) is 6.40. The van der Waals surface area contributed by atoms with Crippen LogP contribution < -0.4 is 15.7 Å². The first-order valence-electron chi connectivity index (χ1n) is 8.13. The third-order valence-corrected chi connectivity index (χ3v) is 3.80. The summed E-state index contributed by atoms with van der Waals surface area (Å²) in [5, 5.41) is 0. The highest BCUT2D eigenvalue weighted by Crippen LogP contribution is 2.12. The minimum atomic E-state index is 0.430. The van der Waals surface area contributed by atoms with Crippen LogP contribution in [0, 0.1) is 0 Å². The van der Waals surface area contributed by atoms with Crippen molar-refractivity contribution in [3.63, 3.8) is 0 Å². The number of hydrogen-bond acceptors (Lipinski definition) is 1. The van der Waals surface area contributed by atoms with Gasteiger partial charge in [-0.25, -0.2) is 0 Å². The van der Waals surface area contributed by atoms with Crippen LogP contribution in [0.25, 0.3) is 0 Å². The SMILES string of the molecule is CCCCB(c1ccccc1)c1ccccc1OCCC. The maximum atomic E-state index is 5.97. The highest BCUT2D eigenvalue weighted by Gasteiger charge is 2.21. The minimum absolute atomic E-state index is 0.430. The first kappa shape index (κ1) is 15.7. The molecule has 2 heteroatoms. The molecule has 21 heavy (non-hydrogen) atoms. The molecule has 0 N–H and O–H groups in total. The molecule has 0 aliphatic carbocycles. The Hall–Kier alpha value is -1.70.